The molecule has 0 fully saturated rings. The van der Waals surface area contributed by atoms with Gasteiger partial charge in [0.2, 0.25) is 5.95 Å². The van der Waals surface area contributed by atoms with Crippen LogP contribution < -0.4 is 11.3 Å². The average molecular weight is 244 g/mol. The van der Waals surface area contributed by atoms with Crippen molar-refractivity contribution in [2.45, 2.75) is 0 Å². The number of nitrogen functional groups attached to an aromatic ring is 1. The lowest BCUT2D eigenvalue weighted by atomic mass is 10.5. The Morgan fingerprint density at radius 1 is 1.54 bits per heavy atom. The minimum atomic E-state index is -0.289. The van der Waals surface area contributed by atoms with Gasteiger partial charge in [-0.25, -0.2) is 4.98 Å². The van der Waals surface area contributed by atoms with Crippen LogP contribution in [0.15, 0.2) is 9.53 Å². The summed E-state index contributed by atoms with van der Waals surface area (Å²) in [5.74, 6) is 0.0723. The molecule has 0 amide bonds. The third kappa shape index (κ3) is 1.12. The number of nitrogens with two attached hydrogens (primary N) is 1. The normalized spacial score (nSPS) is 10.9. The number of nitrogens with zero attached hydrogens (tertiary/aromatic N) is 3. The van der Waals surface area contributed by atoms with Gasteiger partial charge in [-0.15, -0.1) is 0 Å². The highest BCUT2D eigenvalue weighted by atomic mass is 79.9. The van der Waals surface area contributed by atoms with Crippen molar-refractivity contribution in [2.24, 2.45) is 7.05 Å². The van der Waals surface area contributed by atoms with E-state index in [4.69, 9.17) is 5.73 Å². The fourth-order valence-corrected chi connectivity index (χ4v) is 1.45. The zero-order valence-corrected chi connectivity index (χ0v) is 8.29. The number of rotatable bonds is 0. The highest BCUT2D eigenvalue weighted by Crippen LogP contribution is 2.13. The van der Waals surface area contributed by atoms with Gasteiger partial charge >= 0.3 is 0 Å². The van der Waals surface area contributed by atoms with Crippen LogP contribution in [0.2, 0.25) is 0 Å². The third-order valence-corrected chi connectivity index (χ3v) is 2.41. The van der Waals surface area contributed by atoms with E-state index in [0.717, 1.165) is 0 Å². The van der Waals surface area contributed by atoms with E-state index >= 15 is 0 Å². The van der Waals surface area contributed by atoms with Crippen LogP contribution in [0.25, 0.3) is 11.2 Å². The number of nitrogens with one attached hydrogen (secondary N) is 1. The molecule has 0 radical (unpaired) electrons. The largest absolute Gasteiger partial charge is 0.369 e. The molecular weight excluding hydrogens is 238 g/mol. The molecule has 2 aromatic heterocycles. The summed E-state index contributed by atoms with van der Waals surface area (Å²) in [5.41, 5.74) is 5.81. The van der Waals surface area contributed by atoms with E-state index in [1.165, 1.54) is 0 Å². The second-order valence-electron chi connectivity index (χ2n) is 2.56. The number of aryl methyl sites for hydroxylation is 1. The zero-order valence-electron chi connectivity index (χ0n) is 6.71. The maximum Gasteiger partial charge on any atom is 0.278 e. The number of aromatic nitrogens is 4. The number of halogens is 1. The summed E-state index contributed by atoms with van der Waals surface area (Å²) in [6.07, 6.45) is 0. The molecule has 2 heterocycles. The number of aromatic amines is 1. The molecule has 0 bridgehead atoms. The number of anilines is 1. The fourth-order valence-electron chi connectivity index (χ4n) is 1.11. The summed E-state index contributed by atoms with van der Waals surface area (Å²) in [4.78, 5) is 21.7. The molecule has 0 saturated carbocycles. The van der Waals surface area contributed by atoms with Crippen molar-refractivity contribution in [3.63, 3.8) is 0 Å². The van der Waals surface area contributed by atoms with E-state index in [2.05, 4.69) is 30.9 Å². The van der Waals surface area contributed by atoms with Crippen molar-refractivity contribution in [1.82, 2.24) is 19.5 Å². The molecule has 13 heavy (non-hydrogen) atoms. The standard InChI is InChI=1S/C6H6BrN5O/c1-12-2-3(9-5(12)7)10-6(8)11-4(2)13/h1H3,(H3,8,10,11,13). The van der Waals surface area contributed by atoms with Gasteiger partial charge in [-0.05, 0) is 15.9 Å². The molecule has 0 aliphatic rings. The molecular formula is C6H6BrN5O. The first-order valence-electron chi connectivity index (χ1n) is 3.47. The lowest BCUT2D eigenvalue weighted by molar-refractivity contribution is 0.905. The molecule has 0 aromatic carbocycles. The first kappa shape index (κ1) is 8.24. The lowest BCUT2D eigenvalue weighted by Gasteiger charge is -1.94. The van der Waals surface area contributed by atoms with E-state index in [1.807, 2.05) is 0 Å². The highest BCUT2D eigenvalue weighted by Gasteiger charge is 2.10. The monoisotopic (exact) mass is 243 g/mol. The van der Waals surface area contributed by atoms with Crippen molar-refractivity contribution in [1.29, 1.82) is 0 Å². The Bertz CT molecular complexity index is 528. The minimum absolute atomic E-state index is 0.0723. The molecule has 6 nitrogen and oxygen atoms in total. The van der Waals surface area contributed by atoms with Crippen LogP contribution in [0, 0.1) is 0 Å². The van der Waals surface area contributed by atoms with Crippen LogP contribution in [0.1, 0.15) is 0 Å². The van der Waals surface area contributed by atoms with Gasteiger partial charge in [-0.1, -0.05) is 0 Å². The molecule has 0 aliphatic heterocycles. The second-order valence-corrected chi connectivity index (χ2v) is 3.27. The van der Waals surface area contributed by atoms with Crippen molar-refractivity contribution in [2.75, 3.05) is 5.73 Å². The molecule has 0 aliphatic carbocycles. The van der Waals surface area contributed by atoms with Gasteiger partial charge in [0, 0.05) is 7.05 Å². The van der Waals surface area contributed by atoms with Crippen molar-refractivity contribution in [3.05, 3.63) is 15.1 Å². The van der Waals surface area contributed by atoms with Crippen LogP contribution in [0.4, 0.5) is 5.95 Å². The van der Waals surface area contributed by atoms with Crippen LogP contribution in [0.5, 0.6) is 0 Å². The summed E-state index contributed by atoms with van der Waals surface area (Å²) >= 11 is 3.19. The summed E-state index contributed by atoms with van der Waals surface area (Å²) < 4.78 is 2.15. The molecule has 0 unspecified atom stereocenters. The Balaban J connectivity index is 3.03. The van der Waals surface area contributed by atoms with Gasteiger partial charge in [0.25, 0.3) is 5.56 Å². The molecule has 3 N–H and O–H groups in total. The lowest BCUT2D eigenvalue weighted by Crippen LogP contribution is -2.13. The second kappa shape index (κ2) is 2.56. The van der Waals surface area contributed by atoms with Gasteiger partial charge in [0.15, 0.2) is 15.9 Å². The topological polar surface area (TPSA) is 89.6 Å². The number of imidazole rings is 1. The van der Waals surface area contributed by atoms with Crippen LogP contribution in [-0.4, -0.2) is 19.5 Å². The fraction of sp³-hybridized carbons (Fsp3) is 0.167. The summed E-state index contributed by atoms with van der Waals surface area (Å²) in [6, 6.07) is 0. The zero-order chi connectivity index (χ0) is 9.59. The number of hydrogen-bond donors (Lipinski definition) is 2. The Hall–Kier alpha value is -1.37. The number of H-pyrrole nitrogens is 1. The Kier molecular flexibility index (Phi) is 1.62. The molecule has 7 heteroatoms. The van der Waals surface area contributed by atoms with Crippen molar-refractivity contribution < 1.29 is 0 Å². The van der Waals surface area contributed by atoms with E-state index in [-0.39, 0.29) is 11.5 Å². The quantitative estimate of drug-likeness (QED) is 0.638. The maximum absolute atomic E-state index is 11.4. The maximum atomic E-state index is 11.4. The van der Waals surface area contributed by atoms with E-state index in [1.54, 1.807) is 11.6 Å². The van der Waals surface area contributed by atoms with Gasteiger partial charge in [-0.2, -0.15) is 4.98 Å². The third-order valence-electron chi connectivity index (χ3n) is 1.71. The molecule has 0 atom stereocenters. The highest BCUT2D eigenvalue weighted by molar-refractivity contribution is 9.10. The van der Waals surface area contributed by atoms with E-state index in [0.29, 0.717) is 15.9 Å². The van der Waals surface area contributed by atoms with Crippen molar-refractivity contribution in [3.8, 4) is 0 Å². The molecule has 2 rings (SSSR count). The van der Waals surface area contributed by atoms with Crippen LogP contribution in [-0.2, 0) is 7.05 Å². The Morgan fingerprint density at radius 3 is 2.92 bits per heavy atom. The van der Waals surface area contributed by atoms with E-state index < -0.39 is 0 Å². The molecule has 68 valence electrons. The van der Waals surface area contributed by atoms with E-state index in [9.17, 15) is 4.79 Å². The summed E-state index contributed by atoms with van der Waals surface area (Å²) in [5, 5.41) is 0. The van der Waals surface area contributed by atoms with Gasteiger partial charge < -0.3 is 10.3 Å². The summed E-state index contributed by atoms with van der Waals surface area (Å²) in [6.45, 7) is 0. The Labute approximate surface area is 80.9 Å². The average Bonchev–Trinajstić information content (AvgIpc) is 2.27. The predicted octanol–water partition coefficient (Wildman–Crippen LogP) is 0.00130. The van der Waals surface area contributed by atoms with Gasteiger partial charge in [-0.3, -0.25) is 9.78 Å². The summed E-state index contributed by atoms with van der Waals surface area (Å²) in [7, 11) is 1.71. The first-order valence-corrected chi connectivity index (χ1v) is 4.26. The molecule has 0 saturated heterocycles. The minimum Gasteiger partial charge on any atom is -0.369 e. The number of fused-ring (bicyclic) bond motifs is 1. The molecule has 0 spiro atoms. The van der Waals surface area contributed by atoms with Crippen molar-refractivity contribution >= 4 is 33.0 Å². The van der Waals surface area contributed by atoms with Gasteiger partial charge in [0.1, 0.15) is 0 Å². The predicted molar refractivity (Wildman–Crippen MR) is 51.2 cm³/mol. The smallest absolute Gasteiger partial charge is 0.278 e. The Morgan fingerprint density at radius 2 is 2.23 bits per heavy atom. The number of hydrogen-bond acceptors (Lipinski definition) is 4. The SMILES string of the molecule is Cn1c(Br)nc2nc(N)[nH]c(=O)c21. The van der Waals surface area contributed by atoms with Gasteiger partial charge in [0.05, 0.1) is 0 Å². The van der Waals surface area contributed by atoms with Crippen LogP contribution in [0.3, 0.4) is 0 Å². The van der Waals surface area contributed by atoms with Crippen LogP contribution >= 0.6 is 15.9 Å². The first-order chi connectivity index (χ1) is 6.09. The molecule has 2 aromatic rings.